The van der Waals surface area contributed by atoms with Gasteiger partial charge in [-0.1, -0.05) is 27.7 Å². The lowest BCUT2D eigenvalue weighted by atomic mass is 9.95. The first-order chi connectivity index (χ1) is 12.4. The first kappa shape index (κ1) is 22.6. The molecule has 6 nitrogen and oxygen atoms in total. The van der Waals surface area contributed by atoms with E-state index in [1.807, 2.05) is 0 Å². The van der Waals surface area contributed by atoms with Crippen molar-refractivity contribution in [2.75, 3.05) is 13.2 Å². The zero-order chi connectivity index (χ0) is 19.4. The third-order valence-corrected chi connectivity index (χ3v) is 4.43. The van der Waals surface area contributed by atoms with Crippen LogP contribution in [0.25, 0.3) is 0 Å². The van der Waals surface area contributed by atoms with E-state index in [4.69, 9.17) is 18.9 Å². The smallest absolute Gasteiger partial charge is 0.434 e. The summed E-state index contributed by atoms with van der Waals surface area (Å²) >= 11 is 0. The fraction of sp³-hybridized carbons (Fsp3) is 0.900. The molecular formula is C20H36O6. The van der Waals surface area contributed by atoms with Crippen molar-refractivity contribution in [2.24, 2.45) is 11.8 Å². The highest BCUT2D eigenvalue weighted by atomic mass is 16.8. The van der Waals surface area contributed by atoms with Crippen molar-refractivity contribution in [3.63, 3.8) is 0 Å². The standard InChI is InChI=1S/C20H36O6/c1-15(2)9-7-13-23-19(21)25-17-11-5-6-12-18(17)26-20(22)24-14-8-10-16(3)4/h15-18H,5-14H2,1-4H3. The third kappa shape index (κ3) is 10.5. The molecule has 0 aromatic rings. The molecule has 0 saturated heterocycles. The summed E-state index contributed by atoms with van der Waals surface area (Å²) in [7, 11) is 0. The highest BCUT2D eigenvalue weighted by Crippen LogP contribution is 2.25. The molecule has 0 N–H and O–H groups in total. The van der Waals surface area contributed by atoms with Crippen LogP contribution in [-0.4, -0.2) is 37.7 Å². The first-order valence-electron chi connectivity index (χ1n) is 10.0. The summed E-state index contributed by atoms with van der Waals surface area (Å²) in [4.78, 5) is 23.7. The van der Waals surface area contributed by atoms with Crippen molar-refractivity contribution < 1.29 is 28.5 Å². The number of rotatable bonds is 10. The van der Waals surface area contributed by atoms with Crippen LogP contribution in [0.15, 0.2) is 0 Å². The molecule has 0 spiro atoms. The summed E-state index contributed by atoms with van der Waals surface area (Å²) in [6, 6.07) is 0. The molecule has 2 atom stereocenters. The summed E-state index contributed by atoms with van der Waals surface area (Å²) in [6.07, 6.45) is 4.60. The van der Waals surface area contributed by atoms with Gasteiger partial charge in [0.15, 0.2) is 0 Å². The van der Waals surface area contributed by atoms with Crippen LogP contribution in [0.1, 0.15) is 79.1 Å². The van der Waals surface area contributed by atoms with Gasteiger partial charge in [-0.3, -0.25) is 0 Å². The number of ether oxygens (including phenoxy) is 4. The van der Waals surface area contributed by atoms with Crippen molar-refractivity contribution in [1.29, 1.82) is 0 Å². The molecule has 0 aliphatic heterocycles. The monoisotopic (exact) mass is 372 g/mol. The zero-order valence-corrected chi connectivity index (χ0v) is 16.8. The molecule has 0 heterocycles. The van der Waals surface area contributed by atoms with Gasteiger partial charge in [-0.05, 0) is 63.2 Å². The number of carbonyl (C=O) groups is 2. The van der Waals surface area contributed by atoms with E-state index in [0.29, 0.717) is 37.9 Å². The fourth-order valence-electron chi connectivity index (χ4n) is 2.94. The van der Waals surface area contributed by atoms with E-state index >= 15 is 0 Å². The molecule has 2 unspecified atom stereocenters. The van der Waals surface area contributed by atoms with Crippen molar-refractivity contribution in [3.05, 3.63) is 0 Å². The lowest BCUT2D eigenvalue weighted by molar-refractivity contribution is -0.0714. The average molecular weight is 373 g/mol. The van der Waals surface area contributed by atoms with Gasteiger partial charge in [0.2, 0.25) is 0 Å². The van der Waals surface area contributed by atoms with Gasteiger partial charge < -0.3 is 18.9 Å². The van der Waals surface area contributed by atoms with Gasteiger partial charge in [-0.2, -0.15) is 0 Å². The van der Waals surface area contributed by atoms with E-state index in [1.165, 1.54) is 0 Å². The second kappa shape index (κ2) is 12.8. The van der Waals surface area contributed by atoms with E-state index in [-0.39, 0.29) is 0 Å². The second-order valence-electron chi connectivity index (χ2n) is 7.87. The number of carbonyl (C=O) groups excluding carboxylic acids is 2. The Kier molecular flexibility index (Phi) is 11.1. The van der Waals surface area contributed by atoms with Gasteiger partial charge in [0, 0.05) is 0 Å². The van der Waals surface area contributed by atoms with Gasteiger partial charge in [0.25, 0.3) is 0 Å². The fourth-order valence-corrected chi connectivity index (χ4v) is 2.94. The van der Waals surface area contributed by atoms with E-state index in [9.17, 15) is 9.59 Å². The predicted octanol–water partition coefficient (Wildman–Crippen LogP) is 5.48. The molecule has 0 aromatic carbocycles. The van der Waals surface area contributed by atoms with Crippen LogP contribution in [-0.2, 0) is 18.9 Å². The summed E-state index contributed by atoms with van der Waals surface area (Å²) in [5, 5.41) is 0. The molecule has 0 aromatic heterocycles. The minimum atomic E-state index is -0.681. The van der Waals surface area contributed by atoms with Crippen LogP contribution >= 0.6 is 0 Å². The Bertz CT molecular complexity index is 369. The summed E-state index contributed by atoms with van der Waals surface area (Å²) < 4.78 is 21.0. The zero-order valence-electron chi connectivity index (χ0n) is 16.8. The Morgan fingerprint density at radius 2 is 1.15 bits per heavy atom. The molecule has 1 rings (SSSR count). The van der Waals surface area contributed by atoms with Crippen LogP contribution in [0.3, 0.4) is 0 Å². The van der Waals surface area contributed by atoms with Crippen molar-refractivity contribution >= 4 is 12.3 Å². The van der Waals surface area contributed by atoms with Crippen LogP contribution in [0.4, 0.5) is 9.59 Å². The van der Waals surface area contributed by atoms with Gasteiger partial charge in [-0.25, -0.2) is 9.59 Å². The van der Waals surface area contributed by atoms with Crippen molar-refractivity contribution in [1.82, 2.24) is 0 Å². The molecule has 1 aliphatic carbocycles. The van der Waals surface area contributed by atoms with Gasteiger partial charge in [-0.15, -0.1) is 0 Å². The lowest BCUT2D eigenvalue weighted by Crippen LogP contribution is -2.38. The maximum atomic E-state index is 11.8. The molecule has 1 saturated carbocycles. The summed E-state index contributed by atoms with van der Waals surface area (Å²) in [5.74, 6) is 1.16. The van der Waals surface area contributed by atoms with E-state index in [0.717, 1.165) is 38.5 Å². The Labute approximate surface area is 157 Å². The van der Waals surface area contributed by atoms with E-state index in [2.05, 4.69) is 27.7 Å². The van der Waals surface area contributed by atoms with Gasteiger partial charge in [0.05, 0.1) is 13.2 Å². The Morgan fingerprint density at radius 1 is 0.769 bits per heavy atom. The molecule has 152 valence electrons. The predicted molar refractivity (Wildman–Crippen MR) is 99.1 cm³/mol. The quantitative estimate of drug-likeness (QED) is 0.374. The molecule has 0 bridgehead atoms. The SMILES string of the molecule is CC(C)CCCOC(=O)OC1CCCCC1OC(=O)OCCCC(C)C. The molecule has 1 aliphatic rings. The maximum absolute atomic E-state index is 11.8. The molecule has 1 fully saturated rings. The van der Waals surface area contributed by atoms with E-state index in [1.54, 1.807) is 0 Å². The van der Waals surface area contributed by atoms with E-state index < -0.39 is 24.5 Å². The molecule has 0 radical (unpaired) electrons. The minimum absolute atomic E-state index is 0.354. The Hall–Kier alpha value is -1.46. The second-order valence-corrected chi connectivity index (χ2v) is 7.87. The number of hydrogen-bond donors (Lipinski definition) is 0. The molecule has 0 amide bonds. The highest BCUT2D eigenvalue weighted by Gasteiger charge is 2.32. The van der Waals surface area contributed by atoms with Gasteiger partial charge in [0.1, 0.15) is 12.2 Å². The van der Waals surface area contributed by atoms with Crippen molar-refractivity contribution in [3.8, 4) is 0 Å². The topological polar surface area (TPSA) is 71.1 Å². The molecular weight excluding hydrogens is 336 g/mol. The van der Waals surface area contributed by atoms with Crippen LogP contribution in [0.5, 0.6) is 0 Å². The first-order valence-corrected chi connectivity index (χ1v) is 10.0. The summed E-state index contributed by atoms with van der Waals surface area (Å²) in [6.45, 7) is 9.23. The third-order valence-electron chi connectivity index (χ3n) is 4.43. The maximum Gasteiger partial charge on any atom is 0.508 e. The van der Waals surface area contributed by atoms with Crippen LogP contribution in [0.2, 0.25) is 0 Å². The number of hydrogen-bond acceptors (Lipinski definition) is 6. The lowest BCUT2D eigenvalue weighted by Gasteiger charge is -2.29. The molecule has 26 heavy (non-hydrogen) atoms. The largest absolute Gasteiger partial charge is 0.508 e. The summed E-state index contributed by atoms with van der Waals surface area (Å²) in [5.41, 5.74) is 0. The van der Waals surface area contributed by atoms with Gasteiger partial charge >= 0.3 is 12.3 Å². The Morgan fingerprint density at radius 3 is 1.50 bits per heavy atom. The highest BCUT2D eigenvalue weighted by molar-refractivity contribution is 5.61. The molecule has 6 heteroatoms. The van der Waals surface area contributed by atoms with Crippen LogP contribution in [0, 0.1) is 11.8 Å². The Balaban J connectivity index is 2.29. The van der Waals surface area contributed by atoms with Crippen molar-refractivity contribution in [2.45, 2.75) is 91.3 Å². The minimum Gasteiger partial charge on any atom is -0.434 e. The average Bonchev–Trinajstić information content (AvgIpc) is 2.57. The normalized spacial score (nSPS) is 20.1. The van der Waals surface area contributed by atoms with Crippen LogP contribution < -0.4 is 0 Å².